The van der Waals surface area contributed by atoms with E-state index in [1.54, 1.807) is 0 Å². The first kappa shape index (κ1) is 16.7. The molecule has 6 heteroatoms. The Balaban J connectivity index is 0.00000161. The molecule has 0 saturated heterocycles. The number of fused-ring (bicyclic) bond motifs is 1. The topological polar surface area (TPSA) is 34.4 Å². The van der Waals surface area contributed by atoms with Crippen LogP contribution < -0.4 is 10.1 Å². The normalized spacial score (nSPS) is 17.6. The molecule has 2 aromatic rings. The van der Waals surface area contributed by atoms with Gasteiger partial charge in [0.05, 0.1) is 11.6 Å². The summed E-state index contributed by atoms with van der Waals surface area (Å²) in [5.41, 5.74) is 1.12. The first-order valence-electron chi connectivity index (χ1n) is 6.55. The number of ether oxygens (including phenoxy) is 1. The largest absolute Gasteiger partial charge is 0.484 e. The maximum atomic E-state index is 6.23. The fraction of sp³-hybridized carbons (Fsp3) is 0.333. The molecule has 0 aliphatic carbocycles. The van der Waals surface area contributed by atoms with Crippen LogP contribution in [0, 0.1) is 6.92 Å². The highest BCUT2D eigenvalue weighted by molar-refractivity contribution is 9.10. The van der Waals surface area contributed by atoms with Gasteiger partial charge in [0.25, 0.3) is 0 Å². The summed E-state index contributed by atoms with van der Waals surface area (Å²) in [5.74, 6) is 2.57. The van der Waals surface area contributed by atoms with Gasteiger partial charge in [-0.05, 0) is 37.7 Å². The lowest BCUT2D eigenvalue weighted by molar-refractivity contribution is 0.197. The first-order valence-corrected chi connectivity index (χ1v) is 7.72. The van der Waals surface area contributed by atoms with E-state index in [-0.39, 0.29) is 18.5 Å². The first-order chi connectivity index (χ1) is 9.63. The molecule has 0 saturated carbocycles. The highest BCUT2D eigenvalue weighted by Crippen LogP contribution is 2.35. The standard InChI is InChI=1S/C15H15BrClNO2.ClH/c1-9-6-11-13(4-5-18-8-15(11)19-9)20-14-3-2-10(16)7-12(14)17;/h2-3,6-7,13,18H,4-5,8H2,1H3;1H. The number of halogens is 3. The third-order valence-corrected chi connectivity index (χ3v) is 4.13. The predicted octanol–water partition coefficient (Wildman–Crippen LogP) is 5.04. The van der Waals surface area contributed by atoms with Gasteiger partial charge < -0.3 is 14.5 Å². The Bertz CT molecular complexity index is 630. The van der Waals surface area contributed by atoms with Gasteiger partial charge in [-0.2, -0.15) is 0 Å². The molecule has 3 nitrogen and oxygen atoms in total. The van der Waals surface area contributed by atoms with E-state index in [0.717, 1.165) is 41.1 Å². The summed E-state index contributed by atoms with van der Waals surface area (Å²) in [6.45, 7) is 3.59. The zero-order valence-electron chi connectivity index (χ0n) is 11.5. The molecular formula is C15H16BrCl2NO2. The lowest BCUT2D eigenvalue weighted by Gasteiger charge is -2.18. The van der Waals surface area contributed by atoms with Gasteiger partial charge in [-0.25, -0.2) is 0 Å². The molecule has 3 rings (SSSR count). The summed E-state index contributed by atoms with van der Waals surface area (Å²) >= 11 is 9.63. The molecule has 114 valence electrons. The molecule has 0 bridgehead atoms. The van der Waals surface area contributed by atoms with E-state index in [2.05, 4.69) is 27.3 Å². The highest BCUT2D eigenvalue weighted by Gasteiger charge is 2.24. The minimum atomic E-state index is -0.0314. The van der Waals surface area contributed by atoms with Crippen LogP contribution in [-0.2, 0) is 6.54 Å². The Hall–Kier alpha value is -0.680. The van der Waals surface area contributed by atoms with Gasteiger partial charge in [0.1, 0.15) is 23.4 Å². The van der Waals surface area contributed by atoms with Gasteiger partial charge in [0.2, 0.25) is 0 Å². The monoisotopic (exact) mass is 391 g/mol. The summed E-state index contributed by atoms with van der Waals surface area (Å²) in [5, 5.41) is 3.95. The summed E-state index contributed by atoms with van der Waals surface area (Å²) < 4.78 is 12.8. The quantitative estimate of drug-likeness (QED) is 0.777. The Morgan fingerprint density at radius 2 is 2.19 bits per heavy atom. The van der Waals surface area contributed by atoms with E-state index in [1.807, 2.05) is 25.1 Å². The van der Waals surface area contributed by atoms with Crippen molar-refractivity contribution < 1.29 is 9.15 Å². The smallest absolute Gasteiger partial charge is 0.138 e. The van der Waals surface area contributed by atoms with E-state index in [0.29, 0.717) is 10.8 Å². The van der Waals surface area contributed by atoms with Crippen molar-refractivity contribution in [1.82, 2.24) is 5.32 Å². The molecule has 0 amide bonds. The van der Waals surface area contributed by atoms with E-state index in [9.17, 15) is 0 Å². The van der Waals surface area contributed by atoms with Crippen LogP contribution in [0.25, 0.3) is 0 Å². The van der Waals surface area contributed by atoms with Gasteiger partial charge in [0.15, 0.2) is 0 Å². The fourth-order valence-electron chi connectivity index (χ4n) is 2.43. The van der Waals surface area contributed by atoms with Crippen LogP contribution in [0.15, 0.2) is 33.2 Å². The van der Waals surface area contributed by atoms with Gasteiger partial charge >= 0.3 is 0 Å². The van der Waals surface area contributed by atoms with Crippen molar-refractivity contribution in [2.45, 2.75) is 26.0 Å². The van der Waals surface area contributed by atoms with Crippen LogP contribution in [0.2, 0.25) is 5.02 Å². The zero-order valence-corrected chi connectivity index (χ0v) is 14.6. The van der Waals surface area contributed by atoms with Crippen molar-refractivity contribution >= 4 is 39.9 Å². The lowest BCUT2D eigenvalue weighted by Crippen LogP contribution is -2.14. The highest BCUT2D eigenvalue weighted by atomic mass is 79.9. The minimum Gasteiger partial charge on any atom is -0.484 e. The van der Waals surface area contributed by atoms with Gasteiger partial charge in [-0.15, -0.1) is 12.4 Å². The molecule has 0 radical (unpaired) electrons. The molecule has 0 fully saturated rings. The second-order valence-corrected chi connectivity index (χ2v) is 6.21. The Labute approximate surface area is 143 Å². The Kier molecular flexibility index (Phi) is 5.60. The zero-order chi connectivity index (χ0) is 14.1. The summed E-state index contributed by atoms with van der Waals surface area (Å²) in [7, 11) is 0. The summed E-state index contributed by atoms with van der Waals surface area (Å²) in [4.78, 5) is 0. The van der Waals surface area contributed by atoms with E-state index < -0.39 is 0 Å². The van der Waals surface area contributed by atoms with Crippen molar-refractivity contribution in [3.63, 3.8) is 0 Å². The molecular weight excluding hydrogens is 377 g/mol. The summed E-state index contributed by atoms with van der Waals surface area (Å²) in [6, 6.07) is 7.71. The van der Waals surface area contributed by atoms with Gasteiger partial charge in [0, 0.05) is 16.5 Å². The maximum absolute atomic E-state index is 6.23. The van der Waals surface area contributed by atoms with Crippen molar-refractivity contribution in [3.05, 3.63) is 50.8 Å². The lowest BCUT2D eigenvalue weighted by atomic mass is 10.1. The Morgan fingerprint density at radius 1 is 1.38 bits per heavy atom. The summed E-state index contributed by atoms with van der Waals surface area (Å²) in [6.07, 6.45) is 0.856. The SMILES string of the molecule is Cc1cc2c(o1)CNCCC2Oc1ccc(Br)cc1Cl.Cl. The van der Waals surface area contributed by atoms with Gasteiger partial charge in [-0.3, -0.25) is 0 Å². The molecule has 1 aromatic heterocycles. The van der Waals surface area contributed by atoms with Crippen molar-refractivity contribution in [1.29, 1.82) is 0 Å². The molecule has 0 spiro atoms. The van der Waals surface area contributed by atoms with E-state index in [4.69, 9.17) is 20.8 Å². The molecule has 1 unspecified atom stereocenters. The molecule has 2 heterocycles. The molecule has 21 heavy (non-hydrogen) atoms. The maximum Gasteiger partial charge on any atom is 0.138 e. The number of nitrogens with one attached hydrogen (secondary N) is 1. The van der Waals surface area contributed by atoms with Crippen LogP contribution in [0.5, 0.6) is 5.75 Å². The second kappa shape index (κ2) is 7.05. The average Bonchev–Trinajstić information content (AvgIpc) is 2.67. The van der Waals surface area contributed by atoms with Gasteiger partial charge in [-0.1, -0.05) is 27.5 Å². The molecule has 1 aliphatic rings. The molecule has 1 aliphatic heterocycles. The van der Waals surface area contributed by atoms with Crippen molar-refractivity contribution in [2.24, 2.45) is 0 Å². The number of benzene rings is 1. The molecule has 1 aromatic carbocycles. The van der Waals surface area contributed by atoms with Crippen LogP contribution in [-0.4, -0.2) is 6.54 Å². The Morgan fingerprint density at radius 3 is 2.95 bits per heavy atom. The molecule has 1 N–H and O–H groups in total. The fourth-order valence-corrected chi connectivity index (χ4v) is 3.15. The van der Waals surface area contributed by atoms with Crippen LogP contribution in [0.4, 0.5) is 0 Å². The minimum absolute atomic E-state index is 0. The number of furan rings is 1. The van der Waals surface area contributed by atoms with Crippen LogP contribution in [0.3, 0.4) is 0 Å². The third-order valence-electron chi connectivity index (χ3n) is 3.34. The molecule has 1 atom stereocenters. The predicted molar refractivity (Wildman–Crippen MR) is 89.5 cm³/mol. The average molecular weight is 393 g/mol. The van der Waals surface area contributed by atoms with E-state index in [1.165, 1.54) is 0 Å². The van der Waals surface area contributed by atoms with Crippen LogP contribution in [0.1, 0.15) is 29.6 Å². The number of aryl methyl sites for hydroxylation is 1. The number of rotatable bonds is 2. The second-order valence-electron chi connectivity index (χ2n) is 4.88. The third kappa shape index (κ3) is 3.75. The van der Waals surface area contributed by atoms with Crippen molar-refractivity contribution in [2.75, 3.05) is 6.54 Å². The van der Waals surface area contributed by atoms with Crippen molar-refractivity contribution in [3.8, 4) is 5.75 Å². The number of hydrogen-bond acceptors (Lipinski definition) is 3. The number of hydrogen-bond donors (Lipinski definition) is 1. The van der Waals surface area contributed by atoms with Crippen LogP contribution >= 0.6 is 39.9 Å². The van der Waals surface area contributed by atoms with E-state index >= 15 is 0 Å².